The molecule has 4 heteroatoms. The maximum Gasteiger partial charge on any atom is 0.119 e. The lowest BCUT2D eigenvalue weighted by Gasteiger charge is -2.20. The Balaban J connectivity index is 1.78. The number of hydrogen-bond acceptors (Lipinski definition) is 3. The fourth-order valence-electron chi connectivity index (χ4n) is 2.36. The van der Waals surface area contributed by atoms with E-state index < -0.39 is 0 Å². The fourth-order valence-corrected chi connectivity index (χ4v) is 2.62. The van der Waals surface area contributed by atoms with Crippen molar-refractivity contribution in [1.82, 2.24) is 4.90 Å². The van der Waals surface area contributed by atoms with Gasteiger partial charge in [0.25, 0.3) is 0 Å². The quantitative estimate of drug-likeness (QED) is 0.908. The highest BCUT2D eigenvalue weighted by Crippen LogP contribution is 2.20. The number of nitrogens with zero attached hydrogens (tertiary/aromatic N) is 1. The Morgan fingerprint density at radius 3 is 2.78 bits per heavy atom. The predicted molar refractivity (Wildman–Crippen MR) is 77.8 cm³/mol. The van der Waals surface area contributed by atoms with E-state index in [-0.39, 0.29) is 6.04 Å². The first-order chi connectivity index (χ1) is 8.69. The van der Waals surface area contributed by atoms with Crippen molar-refractivity contribution in [3.8, 4) is 5.75 Å². The third kappa shape index (κ3) is 3.70. The minimum absolute atomic E-state index is 0.130. The Hall–Kier alpha value is -0.580. The molecule has 0 bridgehead atoms. The van der Waals surface area contributed by atoms with E-state index in [9.17, 15) is 0 Å². The molecule has 100 valence electrons. The van der Waals surface area contributed by atoms with Gasteiger partial charge < -0.3 is 15.4 Å². The average molecular weight is 313 g/mol. The Labute approximate surface area is 117 Å². The summed E-state index contributed by atoms with van der Waals surface area (Å²) >= 11 is 3.41. The highest BCUT2D eigenvalue weighted by Gasteiger charge is 2.26. The minimum Gasteiger partial charge on any atom is -0.492 e. The monoisotopic (exact) mass is 312 g/mol. The van der Waals surface area contributed by atoms with Crippen LogP contribution in [0.3, 0.4) is 0 Å². The number of rotatable bonds is 5. The van der Waals surface area contributed by atoms with Crippen molar-refractivity contribution >= 4 is 15.9 Å². The molecule has 1 aliphatic rings. The average Bonchev–Trinajstić information content (AvgIpc) is 2.86. The summed E-state index contributed by atoms with van der Waals surface area (Å²) in [5, 5.41) is 0. The molecule has 0 aromatic heterocycles. The lowest BCUT2D eigenvalue weighted by Crippen LogP contribution is -2.37. The molecule has 18 heavy (non-hydrogen) atoms. The van der Waals surface area contributed by atoms with E-state index in [2.05, 4.69) is 27.8 Å². The Morgan fingerprint density at radius 1 is 1.44 bits per heavy atom. The first kappa shape index (κ1) is 13.8. The molecule has 3 nitrogen and oxygen atoms in total. The number of hydrogen-bond donors (Lipinski definition) is 1. The van der Waals surface area contributed by atoms with Crippen molar-refractivity contribution in [2.24, 2.45) is 11.7 Å². The van der Waals surface area contributed by atoms with Gasteiger partial charge in [0.15, 0.2) is 0 Å². The van der Waals surface area contributed by atoms with Crippen molar-refractivity contribution in [1.29, 1.82) is 0 Å². The number of benzene rings is 1. The zero-order valence-corrected chi connectivity index (χ0v) is 12.4. The minimum atomic E-state index is 0.130. The summed E-state index contributed by atoms with van der Waals surface area (Å²) in [5.41, 5.74) is 6.21. The molecule has 0 radical (unpaired) electrons. The second-order valence-corrected chi connectivity index (χ2v) is 5.79. The van der Waals surface area contributed by atoms with Crippen LogP contribution < -0.4 is 10.5 Å². The number of halogens is 1. The molecular weight excluding hydrogens is 292 g/mol. The molecule has 2 N–H and O–H groups in total. The largest absolute Gasteiger partial charge is 0.492 e. The van der Waals surface area contributed by atoms with E-state index >= 15 is 0 Å². The van der Waals surface area contributed by atoms with Crippen LogP contribution in [0, 0.1) is 5.92 Å². The van der Waals surface area contributed by atoms with Gasteiger partial charge in [0, 0.05) is 17.1 Å². The standard InChI is InChI=1S/C14H21BrN2O/c1-2-17-8-7-11(9-17)14(16)10-18-13-5-3-12(15)4-6-13/h3-6,11,14H,2,7-10,16H2,1H3. The third-order valence-corrected chi connectivity index (χ3v) is 4.15. The van der Waals surface area contributed by atoms with Crippen LogP contribution in [0.2, 0.25) is 0 Å². The molecule has 0 aliphatic carbocycles. The summed E-state index contributed by atoms with van der Waals surface area (Å²) < 4.78 is 6.80. The zero-order valence-electron chi connectivity index (χ0n) is 10.8. The molecule has 0 amide bonds. The highest BCUT2D eigenvalue weighted by atomic mass is 79.9. The molecule has 1 fully saturated rings. The molecule has 1 aromatic carbocycles. The second-order valence-electron chi connectivity index (χ2n) is 4.87. The van der Waals surface area contributed by atoms with Crippen LogP contribution in [0.5, 0.6) is 5.75 Å². The maximum atomic E-state index is 6.21. The third-order valence-electron chi connectivity index (χ3n) is 3.62. The fraction of sp³-hybridized carbons (Fsp3) is 0.571. The second kappa shape index (κ2) is 6.55. The number of likely N-dealkylation sites (tertiary alicyclic amines) is 1. The summed E-state index contributed by atoms with van der Waals surface area (Å²) in [6.07, 6.45) is 1.19. The molecule has 1 saturated heterocycles. The lowest BCUT2D eigenvalue weighted by atomic mass is 10.0. The van der Waals surface area contributed by atoms with E-state index in [1.54, 1.807) is 0 Å². The number of ether oxygens (including phenoxy) is 1. The van der Waals surface area contributed by atoms with Crippen LogP contribution in [0.25, 0.3) is 0 Å². The van der Waals surface area contributed by atoms with E-state index in [1.807, 2.05) is 24.3 Å². The topological polar surface area (TPSA) is 38.5 Å². The summed E-state index contributed by atoms with van der Waals surface area (Å²) in [5.74, 6) is 1.46. The first-order valence-electron chi connectivity index (χ1n) is 6.55. The Morgan fingerprint density at radius 2 is 2.17 bits per heavy atom. The molecule has 2 rings (SSSR count). The normalized spacial score (nSPS) is 22.1. The molecular formula is C14H21BrN2O. The van der Waals surface area contributed by atoms with Gasteiger partial charge in [-0.05, 0) is 49.7 Å². The van der Waals surface area contributed by atoms with E-state index in [0.717, 1.165) is 23.3 Å². The van der Waals surface area contributed by atoms with Crippen molar-refractivity contribution in [3.63, 3.8) is 0 Å². The van der Waals surface area contributed by atoms with Gasteiger partial charge in [-0.15, -0.1) is 0 Å². The van der Waals surface area contributed by atoms with Crippen molar-refractivity contribution in [2.45, 2.75) is 19.4 Å². The summed E-state index contributed by atoms with van der Waals surface area (Å²) in [6.45, 7) is 6.21. The summed E-state index contributed by atoms with van der Waals surface area (Å²) in [6, 6.07) is 8.02. The van der Waals surface area contributed by atoms with Gasteiger partial charge in [-0.3, -0.25) is 0 Å². The first-order valence-corrected chi connectivity index (χ1v) is 7.34. The highest BCUT2D eigenvalue weighted by molar-refractivity contribution is 9.10. The predicted octanol–water partition coefficient (Wildman–Crippen LogP) is 2.50. The zero-order chi connectivity index (χ0) is 13.0. The molecule has 1 aliphatic heterocycles. The van der Waals surface area contributed by atoms with Gasteiger partial charge in [-0.25, -0.2) is 0 Å². The maximum absolute atomic E-state index is 6.21. The lowest BCUT2D eigenvalue weighted by molar-refractivity contribution is 0.241. The molecule has 1 heterocycles. The van der Waals surface area contributed by atoms with Gasteiger partial charge in [0.05, 0.1) is 0 Å². The van der Waals surface area contributed by atoms with Crippen molar-refractivity contribution < 1.29 is 4.74 Å². The van der Waals surface area contributed by atoms with Gasteiger partial charge in [0.1, 0.15) is 12.4 Å². The number of nitrogens with two attached hydrogens (primary N) is 1. The van der Waals surface area contributed by atoms with E-state index in [0.29, 0.717) is 12.5 Å². The van der Waals surface area contributed by atoms with Crippen LogP contribution in [0.1, 0.15) is 13.3 Å². The smallest absolute Gasteiger partial charge is 0.119 e. The molecule has 1 aromatic rings. The molecule has 0 saturated carbocycles. The van der Waals surface area contributed by atoms with Crippen LogP contribution in [0.15, 0.2) is 28.7 Å². The molecule has 0 spiro atoms. The van der Waals surface area contributed by atoms with Gasteiger partial charge >= 0.3 is 0 Å². The summed E-state index contributed by atoms with van der Waals surface area (Å²) in [4.78, 5) is 2.45. The Kier molecular flexibility index (Phi) is 5.03. The van der Waals surface area contributed by atoms with Crippen molar-refractivity contribution in [3.05, 3.63) is 28.7 Å². The van der Waals surface area contributed by atoms with Crippen LogP contribution >= 0.6 is 15.9 Å². The van der Waals surface area contributed by atoms with Gasteiger partial charge in [0.2, 0.25) is 0 Å². The van der Waals surface area contributed by atoms with Crippen molar-refractivity contribution in [2.75, 3.05) is 26.2 Å². The molecule has 2 atom stereocenters. The molecule has 2 unspecified atom stereocenters. The Bertz CT molecular complexity index is 369. The SMILES string of the molecule is CCN1CCC(C(N)COc2ccc(Br)cc2)C1. The van der Waals surface area contributed by atoms with E-state index in [4.69, 9.17) is 10.5 Å². The van der Waals surface area contributed by atoms with Crippen LogP contribution in [0.4, 0.5) is 0 Å². The van der Waals surface area contributed by atoms with Gasteiger partial charge in [-0.1, -0.05) is 22.9 Å². The van der Waals surface area contributed by atoms with Crippen LogP contribution in [-0.4, -0.2) is 37.2 Å². The summed E-state index contributed by atoms with van der Waals surface area (Å²) in [7, 11) is 0. The van der Waals surface area contributed by atoms with E-state index in [1.165, 1.54) is 13.0 Å². The van der Waals surface area contributed by atoms with Crippen LogP contribution in [-0.2, 0) is 0 Å². The van der Waals surface area contributed by atoms with Gasteiger partial charge in [-0.2, -0.15) is 0 Å².